The highest BCUT2D eigenvalue weighted by Crippen LogP contribution is 2.23. The van der Waals surface area contributed by atoms with E-state index in [-0.39, 0.29) is 27.9 Å². The highest BCUT2D eigenvalue weighted by atomic mass is 35.5. The third-order valence-electron chi connectivity index (χ3n) is 4.77. The summed E-state index contributed by atoms with van der Waals surface area (Å²) in [5, 5.41) is 2.88. The van der Waals surface area contributed by atoms with E-state index in [4.69, 9.17) is 11.6 Å². The fourth-order valence-corrected chi connectivity index (χ4v) is 4.66. The molecule has 3 aromatic rings. The Hall–Kier alpha value is -2.71. The molecule has 3 aromatic carbocycles. The van der Waals surface area contributed by atoms with Crippen molar-refractivity contribution < 1.29 is 13.2 Å². The molecule has 6 nitrogen and oxygen atoms in total. The first-order chi connectivity index (χ1) is 15.2. The normalized spacial score (nSPS) is 11.5. The Kier molecular flexibility index (Phi) is 8.04. The van der Waals surface area contributed by atoms with Crippen LogP contribution in [0.3, 0.4) is 0 Å². The van der Waals surface area contributed by atoms with Gasteiger partial charge >= 0.3 is 0 Å². The fourth-order valence-electron chi connectivity index (χ4n) is 3.11. The number of hydrogen-bond donors (Lipinski definition) is 2. The summed E-state index contributed by atoms with van der Waals surface area (Å²) in [7, 11) is 0.119. The quantitative estimate of drug-likeness (QED) is 0.497. The standard InChI is InChI=1S/C24H26ClN3O3S/c1-28(2)17-20-10-8-19(9-11-20)15-26-24(29)21-12-13-22(25)23(14-21)32(30,31)27-16-18-6-4-3-5-7-18/h3-14,27H,15-17H2,1-2H3,(H,26,29). The fraction of sp³-hybridized carbons (Fsp3) is 0.208. The van der Waals surface area contributed by atoms with Gasteiger partial charge < -0.3 is 10.2 Å². The van der Waals surface area contributed by atoms with Crippen LogP contribution in [0.2, 0.25) is 5.02 Å². The molecule has 0 atom stereocenters. The van der Waals surface area contributed by atoms with Crippen molar-refractivity contribution in [3.63, 3.8) is 0 Å². The Bertz CT molecular complexity index is 1160. The molecule has 1 amide bonds. The Morgan fingerprint density at radius 1 is 0.875 bits per heavy atom. The summed E-state index contributed by atoms with van der Waals surface area (Å²) >= 11 is 6.14. The van der Waals surface area contributed by atoms with Crippen molar-refractivity contribution in [1.82, 2.24) is 14.9 Å². The van der Waals surface area contributed by atoms with Gasteiger partial charge in [-0.2, -0.15) is 0 Å². The molecule has 32 heavy (non-hydrogen) atoms. The summed E-state index contributed by atoms with van der Waals surface area (Å²) < 4.78 is 28.0. The number of nitrogens with zero attached hydrogens (tertiary/aromatic N) is 1. The molecule has 0 aliphatic rings. The number of sulfonamides is 1. The van der Waals surface area contributed by atoms with Crippen LogP contribution in [0.4, 0.5) is 0 Å². The Labute approximate surface area is 194 Å². The third-order valence-corrected chi connectivity index (χ3v) is 6.65. The van der Waals surface area contributed by atoms with Crippen LogP contribution < -0.4 is 10.0 Å². The van der Waals surface area contributed by atoms with Gasteiger partial charge in [0.15, 0.2) is 0 Å². The molecule has 0 unspecified atom stereocenters. The molecule has 168 valence electrons. The summed E-state index contributed by atoms with van der Waals surface area (Å²) in [5.74, 6) is -0.376. The summed E-state index contributed by atoms with van der Waals surface area (Å²) in [6, 6.07) is 21.4. The van der Waals surface area contributed by atoms with Crippen molar-refractivity contribution in [2.24, 2.45) is 0 Å². The topological polar surface area (TPSA) is 78.5 Å². The minimum Gasteiger partial charge on any atom is -0.348 e. The van der Waals surface area contributed by atoms with E-state index < -0.39 is 10.0 Å². The summed E-state index contributed by atoms with van der Waals surface area (Å²) in [5.41, 5.74) is 3.17. The molecule has 0 spiro atoms. The van der Waals surface area contributed by atoms with Crippen molar-refractivity contribution in [2.75, 3.05) is 14.1 Å². The predicted octanol–water partition coefficient (Wildman–Crippen LogP) is 3.81. The summed E-state index contributed by atoms with van der Waals surface area (Å²) in [6.45, 7) is 1.30. The molecule has 8 heteroatoms. The zero-order chi connectivity index (χ0) is 23.1. The maximum absolute atomic E-state index is 12.8. The second kappa shape index (κ2) is 10.7. The molecule has 0 radical (unpaired) electrons. The van der Waals surface area contributed by atoms with Crippen molar-refractivity contribution in [1.29, 1.82) is 0 Å². The number of carbonyl (C=O) groups excluding carboxylic acids is 1. The second-order valence-electron chi connectivity index (χ2n) is 7.69. The van der Waals surface area contributed by atoms with Crippen LogP contribution in [0.15, 0.2) is 77.7 Å². The SMILES string of the molecule is CN(C)Cc1ccc(CNC(=O)c2ccc(Cl)c(S(=O)(=O)NCc3ccccc3)c2)cc1. The second-order valence-corrected chi connectivity index (χ2v) is 9.83. The van der Waals surface area contributed by atoms with Crippen LogP contribution in [-0.4, -0.2) is 33.3 Å². The molecule has 0 aromatic heterocycles. The van der Waals surface area contributed by atoms with Crippen LogP contribution in [0, 0.1) is 0 Å². The summed E-state index contributed by atoms with van der Waals surface area (Å²) in [6.07, 6.45) is 0. The zero-order valence-corrected chi connectivity index (χ0v) is 19.6. The molecule has 0 saturated carbocycles. The highest BCUT2D eigenvalue weighted by Gasteiger charge is 2.20. The van der Waals surface area contributed by atoms with Gasteiger partial charge in [0.1, 0.15) is 4.90 Å². The third kappa shape index (κ3) is 6.64. The number of benzene rings is 3. The van der Waals surface area contributed by atoms with Gasteiger partial charge in [-0.1, -0.05) is 66.2 Å². The Balaban J connectivity index is 1.66. The smallest absolute Gasteiger partial charge is 0.251 e. The monoisotopic (exact) mass is 471 g/mol. The molecule has 2 N–H and O–H groups in total. The maximum Gasteiger partial charge on any atom is 0.251 e. The van der Waals surface area contributed by atoms with E-state index >= 15 is 0 Å². The van der Waals surface area contributed by atoms with E-state index in [0.29, 0.717) is 6.54 Å². The largest absolute Gasteiger partial charge is 0.348 e. The van der Waals surface area contributed by atoms with Gasteiger partial charge in [0.2, 0.25) is 10.0 Å². The van der Waals surface area contributed by atoms with Gasteiger partial charge in [-0.3, -0.25) is 4.79 Å². The number of nitrogens with one attached hydrogen (secondary N) is 2. The van der Waals surface area contributed by atoms with Crippen LogP contribution in [-0.2, 0) is 29.7 Å². The lowest BCUT2D eigenvalue weighted by molar-refractivity contribution is 0.0950. The van der Waals surface area contributed by atoms with Crippen molar-refractivity contribution in [2.45, 2.75) is 24.5 Å². The van der Waals surface area contributed by atoms with E-state index in [1.54, 1.807) is 0 Å². The lowest BCUT2D eigenvalue weighted by atomic mass is 10.1. The highest BCUT2D eigenvalue weighted by molar-refractivity contribution is 7.89. The van der Waals surface area contributed by atoms with E-state index in [9.17, 15) is 13.2 Å². The van der Waals surface area contributed by atoms with Gasteiger partial charge in [-0.05, 0) is 49.0 Å². The first-order valence-electron chi connectivity index (χ1n) is 10.1. The van der Waals surface area contributed by atoms with Crippen molar-refractivity contribution >= 4 is 27.5 Å². The van der Waals surface area contributed by atoms with Gasteiger partial charge in [0, 0.05) is 25.2 Å². The minimum atomic E-state index is -3.89. The van der Waals surface area contributed by atoms with Crippen LogP contribution in [0.1, 0.15) is 27.0 Å². The Morgan fingerprint density at radius 3 is 2.16 bits per heavy atom. The summed E-state index contributed by atoms with van der Waals surface area (Å²) in [4.78, 5) is 14.6. The van der Waals surface area contributed by atoms with E-state index in [2.05, 4.69) is 14.9 Å². The molecule has 0 aliphatic heterocycles. The van der Waals surface area contributed by atoms with Gasteiger partial charge in [-0.15, -0.1) is 0 Å². The lowest BCUT2D eigenvalue weighted by Crippen LogP contribution is -2.25. The molecule has 3 rings (SSSR count). The molecule has 0 heterocycles. The van der Waals surface area contributed by atoms with Crippen LogP contribution >= 0.6 is 11.6 Å². The van der Waals surface area contributed by atoms with Crippen molar-refractivity contribution in [3.05, 3.63) is 100 Å². The molecule has 0 bridgehead atoms. The molecule has 0 fully saturated rings. The molecular formula is C24H26ClN3O3S. The first kappa shape index (κ1) is 23.9. The van der Waals surface area contributed by atoms with Crippen LogP contribution in [0.25, 0.3) is 0 Å². The van der Waals surface area contributed by atoms with Crippen LogP contribution in [0.5, 0.6) is 0 Å². The molecular weight excluding hydrogens is 446 g/mol. The zero-order valence-electron chi connectivity index (χ0n) is 18.0. The first-order valence-corrected chi connectivity index (χ1v) is 11.9. The van der Waals surface area contributed by atoms with Gasteiger partial charge in [0.25, 0.3) is 5.91 Å². The Morgan fingerprint density at radius 2 is 1.50 bits per heavy atom. The lowest BCUT2D eigenvalue weighted by Gasteiger charge is -2.12. The average Bonchev–Trinajstić information content (AvgIpc) is 2.77. The molecule has 0 saturated heterocycles. The number of carbonyl (C=O) groups is 1. The number of hydrogen-bond acceptors (Lipinski definition) is 4. The number of amides is 1. The number of halogens is 1. The number of rotatable bonds is 9. The minimum absolute atomic E-state index is 0.0543. The van der Waals surface area contributed by atoms with Gasteiger partial charge in [0.05, 0.1) is 5.02 Å². The van der Waals surface area contributed by atoms with E-state index in [1.165, 1.54) is 23.8 Å². The van der Waals surface area contributed by atoms with E-state index in [1.807, 2.05) is 68.7 Å². The van der Waals surface area contributed by atoms with Gasteiger partial charge in [-0.25, -0.2) is 13.1 Å². The molecule has 0 aliphatic carbocycles. The predicted molar refractivity (Wildman–Crippen MR) is 127 cm³/mol. The van der Waals surface area contributed by atoms with Crippen molar-refractivity contribution in [3.8, 4) is 0 Å². The average molecular weight is 472 g/mol. The maximum atomic E-state index is 12.8. The van der Waals surface area contributed by atoms with E-state index in [0.717, 1.165) is 17.7 Å².